The zero-order chi connectivity index (χ0) is 15.7. The summed E-state index contributed by atoms with van der Waals surface area (Å²) in [4.78, 5) is 31.1. The van der Waals surface area contributed by atoms with Gasteiger partial charge < -0.3 is 26.3 Å². The van der Waals surface area contributed by atoms with E-state index in [1.165, 1.54) is 23.2 Å². The topological polar surface area (TPSA) is 147 Å². The lowest BCUT2D eigenvalue weighted by molar-refractivity contribution is 0.799. The maximum atomic E-state index is 11.8. The third-order valence-electron chi connectivity index (χ3n) is 2.96. The Morgan fingerprint density at radius 2 is 1.57 bits per heavy atom. The van der Waals surface area contributed by atoms with E-state index in [-0.39, 0.29) is 11.9 Å². The predicted molar refractivity (Wildman–Crippen MR) is 81.5 cm³/mol. The summed E-state index contributed by atoms with van der Waals surface area (Å²) in [6.07, 6.45) is 0. The summed E-state index contributed by atoms with van der Waals surface area (Å²) in [5.41, 5.74) is 16.3. The van der Waals surface area contributed by atoms with Crippen molar-refractivity contribution in [2.24, 2.45) is 41.3 Å². The number of nitrogens with zero attached hydrogens (tertiary/aromatic N) is 4. The Morgan fingerprint density at radius 3 is 2.14 bits per heavy atom. The number of aliphatic imine (C=N–C) groups is 2. The molecule has 0 amide bonds. The molecule has 6 N–H and O–H groups in total. The van der Waals surface area contributed by atoms with E-state index in [2.05, 4.69) is 9.98 Å². The van der Waals surface area contributed by atoms with E-state index >= 15 is 0 Å². The van der Waals surface area contributed by atoms with E-state index in [1.807, 2.05) is 0 Å². The highest BCUT2D eigenvalue weighted by Gasteiger charge is 2.08. The third kappa shape index (κ3) is 2.61. The van der Waals surface area contributed by atoms with Crippen molar-refractivity contribution in [3.05, 3.63) is 38.9 Å². The Morgan fingerprint density at radius 1 is 1.00 bits per heavy atom. The second-order valence-corrected chi connectivity index (χ2v) is 4.41. The number of aromatic nitrogens is 2. The third-order valence-corrected chi connectivity index (χ3v) is 2.96. The van der Waals surface area contributed by atoms with Crippen molar-refractivity contribution in [1.29, 1.82) is 0 Å². The molecule has 1 aromatic carbocycles. The highest BCUT2D eigenvalue weighted by Crippen LogP contribution is 2.18. The Balaban J connectivity index is 2.71. The van der Waals surface area contributed by atoms with Crippen LogP contribution in [-0.4, -0.2) is 21.1 Å². The second-order valence-electron chi connectivity index (χ2n) is 4.41. The SMILES string of the molecule is Cn1c(=O)c(=O)n(C)c2cc(N=C(N)N=C(N)N)ccc21. The first-order valence-corrected chi connectivity index (χ1v) is 5.95. The number of benzene rings is 1. The maximum Gasteiger partial charge on any atom is 0.316 e. The lowest BCUT2D eigenvalue weighted by atomic mass is 10.2. The molecule has 0 radical (unpaired) electrons. The first-order valence-electron chi connectivity index (χ1n) is 5.95. The number of hydrogen-bond acceptors (Lipinski definition) is 3. The monoisotopic (exact) mass is 289 g/mol. The normalized spacial score (nSPS) is 11.6. The van der Waals surface area contributed by atoms with Gasteiger partial charge in [0.05, 0.1) is 16.7 Å². The molecule has 9 nitrogen and oxygen atoms in total. The molecule has 0 saturated heterocycles. The van der Waals surface area contributed by atoms with Crippen LogP contribution in [0.5, 0.6) is 0 Å². The second kappa shape index (κ2) is 5.12. The summed E-state index contributed by atoms with van der Waals surface area (Å²) in [7, 11) is 3.04. The van der Waals surface area contributed by atoms with Gasteiger partial charge in [-0.25, -0.2) is 4.99 Å². The van der Waals surface area contributed by atoms with Crippen molar-refractivity contribution in [3.63, 3.8) is 0 Å². The van der Waals surface area contributed by atoms with Crippen LogP contribution in [0.4, 0.5) is 5.69 Å². The van der Waals surface area contributed by atoms with Gasteiger partial charge in [0.15, 0.2) is 5.96 Å². The summed E-state index contributed by atoms with van der Waals surface area (Å²) in [6.45, 7) is 0. The predicted octanol–water partition coefficient (Wildman–Crippen LogP) is -1.54. The molecule has 0 bridgehead atoms. The van der Waals surface area contributed by atoms with E-state index in [1.54, 1.807) is 18.2 Å². The van der Waals surface area contributed by atoms with Gasteiger partial charge in [0.1, 0.15) is 0 Å². The molecule has 0 saturated carbocycles. The van der Waals surface area contributed by atoms with Gasteiger partial charge in [-0.05, 0) is 18.2 Å². The molecular formula is C12H15N7O2. The van der Waals surface area contributed by atoms with Gasteiger partial charge in [0.25, 0.3) is 0 Å². The largest absolute Gasteiger partial charge is 0.370 e. The van der Waals surface area contributed by atoms with E-state index in [9.17, 15) is 9.59 Å². The number of fused-ring (bicyclic) bond motifs is 1. The molecule has 0 aliphatic carbocycles. The zero-order valence-electron chi connectivity index (χ0n) is 11.6. The van der Waals surface area contributed by atoms with Crippen LogP contribution in [0, 0.1) is 0 Å². The van der Waals surface area contributed by atoms with E-state index in [4.69, 9.17) is 17.2 Å². The smallest absolute Gasteiger partial charge is 0.316 e. The molecule has 0 atom stereocenters. The van der Waals surface area contributed by atoms with Crippen LogP contribution in [0.15, 0.2) is 37.8 Å². The maximum absolute atomic E-state index is 11.8. The molecule has 0 unspecified atom stereocenters. The number of hydrogen-bond donors (Lipinski definition) is 3. The van der Waals surface area contributed by atoms with Gasteiger partial charge in [0, 0.05) is 14.1 Å². The van der Waals surface area contributed by atoms with Gasteiger partial charge >= 0.3 is 11.1 Å². The Hall–Kier alpha value is -3.10. The quantitative estimate of drug-likeness (QED) is 0.330. The standard InChI is InChI=1S/C12H15N7O2/c1-18-7-4-3-6(16-12(15)17-11(13)14)5-8(7)19(2)10(21)9(18)20/h3-5H,1-2H3,(H6,13,14,15,16,17). The average molecular weight is 289 g/mol. The number of aryl methyl sites for hydroxylation is 2. The molecule has 0 aliphatic rings. The lowest BCUT2D eigenvalue weighted by Crippen LogP contribution is -2.39. The molecule has 2 aromatic rings. The molecule has 2 rings (SSSR count). The lowest BCUT2D eigenvalue weighted by Gasteiger charge is -2.09. The van der Waals surface area contributed by atoms with Crippen molar-refractivity contribution in [2.45, 2.75) is 0 Å². The van der Waals surface area contributed by atoms with Gasteiger partial charge in [-0.15, -0.1) is 0 Å². The molecular weight excluding hydrogens is 274 g/mol. The van der Waals surface area contributed by atoms with E-state index in [0.717, 1.165) is 0 Å². The van der Waals surface area contributed by atoms with Gasteiger partial charge in [0.2, 0.25) is 5.96 Å². The Kier molecular flexibility index (Phi) is 3.49. The van der Waals surface area contributed by atoms with Crippen molar-refractivity contribution >= 4 is 28.6 Å². The number of guanidine groups is 2. The Labute approximate surface area is 119 Å². The van der Waals surface area contributed by atoms with Gasteiger partial charge in [-0.2, -0.15) is 4.99 Å². The molecule has 0 spiro atoms. The fourth-order valence-corrected chi connectivity index (χ4v) is 1.93. The fourth-order valence-electron chi connectivity index (χ4n) is 1.93. The van der Waals surface area contributed by atoms with Crippen LogP contribution in [0.1, 0.15) is 0 Å². The molecule has 1 heterocycles. The van der Waals surface area contributed by atoms with Crippen LogP contribution < -0.4 is 28.3 Å². The highest BCUT2D eigenvalue weighted by molar-refractivity contribution is 5.94. The van der Waals surface area contributed by atoms with Crippen molar-refractivity contribution in [3.8, 4) is 0 Å². The highest BCUT2D eigenvalue weighted by atomic mass is 16.2. The molecule has 21 heavy (non-hydrogen) atoms. The molecule has 0 aliphatic heterocycles. The van der Waals surface area contributed by atoms with Gasteiger partial charge in [-0.1, -0.05) is 0 Å². The van der Waals surface area contributed by atoms with Crippen molar-refractivity contribution in [2.75, 3.05) is 0 Å². The number of nitrogens with two attached hydrogens (primary N) is 3. The van der Waals surface area contributed by atoms with Crippen molar-refractivity contribution in [1.82, 2.24) is 9.13 Å². The summed E-state index contributed by atoms with van der Waals surface area (Å²) in [5, 5.41) is 0. The summed E-state index contributed by atoms with van der Waals surface area (Å²) < 4.78 is 2.54. The zero-order valence-corrected chi connectivity index (χ0v) is 11.6. The summed E-state index contributed by atoms with van der Waals surface area (Å²) in [5.74, 6) is -0.309. The summed E-state index contributed by atoms with van der Waals surface area (Å²) in [6, 6.07) is 4.92. The van der Waals surface area contributed by atoms with E-state index < -0.39 is 11.1 Å². The summed E-state index contributed by atoms with van der Waals surface area (Å²) >= 11 is 0. The minimum atomic E-state index is -0.622. The van der Waals surface area contributed by atoms with Crippen LogP contribution in [0.25, 0.3) is 11.0 Å². The minimum absolute atomic E-state index is 0.107. The minimum Gasteiger partial charge on any atom is -0.370 e. The molecule has 1 aromatic heterocycles. The van der Waals surface area contributed by atoms with Crippen LogP contribution in [0.3, 0.4) is 0 Å². The fraction of sp³-hybridized carbons (Fsp3) is 0.167. The van der Waals surface area contributed by atoms with Crippen LogP contribution in [0.2, 0.25) is 0 Å². The van der Waals surface area contributed by atoms with Crippen LogP contribution in [-0.2, 0) is 14.1 Å². The van der Waals surface area contributed by atoms with Crippen molar-refractivity contribution < 1.29 is 0 Å². The van der Waals surface area contributed by atoms with Gasteiger partial charge in [-0.3, -0.25) is 9.59 Å². The molecule has 110 valence electrons. The first-order chi connectivity index (χ1) is 9.81. The van der Waals surface area contributed by atoms with Crippen LogP contribution >= 0.6 is 0 Å². The average Bonchev–Trinajstić information content (AvgIpc) is 2.41. The molecule has 9 heteroatoms. The molecule has 0 fully saturated rings. The first kappa shape index (κ1) is 14.3. The number of rotatable bonds is 1. The van der Waals surface area contributed by atoms with E-state index in [0.29, 0.717) is 16.7 Å². The Bertz CT molecular complexity index is 885.